The molecule has 0 spiro atoms. The summed E-state index contributed by atoms with van der Waals surface area (Å²) in [6, 6.07) is 3.64. The first kappa shape index (κ1) is 22.2. The average molecular weight is 486 g/mol. The van der Waals surface area contributed by atoms with Gasteiger partial charge in [-0.3, -0.25) is 19.2 Å². The third-order valence-corrected chi connectivity index (χ3v) is 7.93. The third-order valence-electron chi connectivity index (χ3n) is 7.93. The highest BCUT2D eigenvalue weighted by Gasteiger charge is 2.57. The highest BCUT2D eigenvalue weighted by Crippen LogP contribution is 2.54. The van der Waals surface area contributed by atoms with Crippen LogP contribution in [-0.4, -0.2) is 39.4 Å². The minimum Gasteiger partial charge on any atom is -0.508 e. The number of imide groups is 3. The fraction of sp³-hybridized carbons (Fsp3) is 0.296. The lowest BCUT2D eigenvalue weighted by Crippen LogP contribution is -2.43. The van der Waals surface area contributed by atoms with Crippen molar-refractivity contribution in [1.29, 1.82) is 0 Å². The van der Waals surface area contributed by atoms with E-state index in [1.165, 1.54) is 12.1 Å². The van der Waals surface area contributed by atoms with E-state index in [1.807, 2.05) is 6.08 Å². The number of Topliss-reactive ketones (excluding diaryl/α,β-unsaturated/α-hetero) is 1. The van der Waals surface area contributed by atoms with Crippen molar-refractivity contribution in [3.05, 3.63) is 70.0 Å². The fourth-order valence-electron chi connectivity index (χ4n) is 6.41. The Kier molecular flexibility index (Phi) is 4.70. The first-order valence-electron chi connectivity index (χ1n) is 11.7. The molecule has 1 fully saturated rings. The molecule has 4 atom stereocenters. The molecule has 4 unspecified atom stereocenters. The van der Waals surface area contributed by atoms with Crippen molar-refractivity contribution in [2.24, 2.45) is 29.4 Å². The maximum Gasteiger partial charge on any atom is 0.328 e. The van der Waals surface area contributed by atoms with Crippen molar-refractivity contribution in [1.82, 2.24) is 4.90 Å². The number of allylic oxidation sites excluding steroid dienone is 7. The molecule has 0 aromatic heterocycles. The number of ether oxygens (including phenoxy) is 1. The largest absolute Gasteiger partial charge is 0.508 e. The van der Waals surface area contributed by atoms with Crippen molar-refractivity contribution < 1.29 is 33.8 Å². The second kappa shape index (κ2) is 7.61. The summed E-state index contributed by atoms with van der Waals surface area (Å²) in [5.74, 6) is -3.98. The molecule has 4 amide bonds. The summed E-state index contributed by atoms with van der Waals surface area (Å²) in [7, 11) is 0. The third kappa shape index (κ3) is 2.98. The Morgan fingerprint density at radius 3 is 2.67 bits per heavy atom. The van der Waals surface area contributed by atoms with Crippen LogP contribution in [-0.2, 0) is 25.6 Å². The molecule has 1 aromatic carbocycles. The Morgan fingerprint density at radius 1 is 1.14 bits per heavy atom. The van der Waals surface area contributed by atoms with E-state index in [1.54, 1.807) is 25.3 Å². The maximum atomic E-state index is 13.3. The molecular weight excluding hydrogens is 464 g/mol. The Labute approximate surface area is 205 Å². The SMILES string of the molecule is CC1=CC(=O)C2=C(CC3C(=CCC4C(=O)N(C(N)=O)C(=O)C43)C2C2=COc3ccc(O)cc3C2)C1=O. The van der Waals surface area contributed by atoms with Crippen LogP contribution in [0.2, 0.25) is 0 Å². The summed E-state index contributed by atoms with van der Waals surface area (Å²) in [4.78, 5) is 65.0. The van der Waals surface area contributed by atoms with Crippen LogP contribution in [0.25, 0.3) is 0 Å². The molecule has 2 heterocycles. The van der Waals surface area contributed by atoms with Crippen molar-refractivity contribution >= 4 is 29.4 Å². The van der Waals surface area contributed by atoms with Gasteiger partial charge in [0, 0.05) is 34.6 Å². The highest BCUT2D eigenvalue weighted by atomic mass is 16.5. The Morgan fingerprint density at radius 2 is 1.92 bits per heavy atom. The summed E-state index contributed by atoms with van der Waals surface area (Å²) in [6.07, 6.45) is 5.44. The lowest BCUT2D eigenvalue weighted by molar-refractivity contribution is -0.136. The zero-order chi connectivity index (χ0) is 25.5. The molecule has 2 aliphatic heterocycles. The van der Waals surface area contributed by atoms with E-state index < -0.39 is 41.5 Å². The zero-order valence-corrected chi connectivity index (χ0v) is 19.3. The molecule has 9 nitrogen and oxygen atoms in total. The van der Waals surface area contributed by atoms with Gasteiger partial charge in [0.15, 0.2) is 11.6 Å². The van der Waals surface area contributed by atoms with Crippen LogP contribution in [0.3, 0.4) is 0 Å². The van der Waals surface area contributed by atoms with E-state index in [4.69, 9.17) is 10.5 Å². The number of primary amides is 1. The van der Waals surface area contributed by atoms with Gasteiger partial charge in [0.1, 0.15) is 11.5 Å². The van der Waals surface area contributed by atoms with E-state index in [9.17, 15) is 29.1 Å². The molecule has 1 saturated heterocycles. The van der Waals surface area contributed by atoms with Gasteiger partial charge in [0.25, 0.3) is 0 Å². The molecule has 3 N–H and O–H groups in total. The predicted molar refractivity (Wildman–Crippen MR) is 124 cm³/mol. The summed E-state index contributed by atoms with van der Waals surface area (Å²) in [6.45, 7) is 1.58. The van der Waals surface area contributed by atoms with Gasteiger partial charge in [-0.25, -0.2) is 4.79 Å². The molecule has 1 aromatic rings. The number of phenols is 1. The topological polar surface area (TPSA) is 144 Å². The minimum atomic E-state index is -1.12. The number of likely N-dealkylation sites (tertiary alicyclic amines) is 1. The molecule has 36 heavy (non-hydrogen) atoms. The molecule has 3 aliphatic carbocycles. The summed E-state index contributed by atoms with van der Waals surface area (Å²) < 4.78 is 5.84. The van der Waals surface area contributed by atoms with Crippen LogP contribution in [0.4, 0.5) is 4.79 Å². The molecule has 0 bridgehead atoms. The molecular formula is C27H22N2O7. The number of rotatable bonds is 1. The van der Waals surface area contributed by atoms with Crippen LogP contribution in [0, 0.1) is 23.7 Å². The summed E-state index contributed by atoms with van der Waals surface area (Å²) >= 11 is 0. The van der Waals surface area contributed by atoms with Crippen LogP contribution < -0.4 is 10.5 Å². The standard InChI is InChI=1S/C27H22N2O7/c1-11-6-19(31)23-18(24(11)32)9-17-15(3-4-16-22(17)26(34)29(25(16)33)27(28)35)21(23)13-7-12-8-14(30)2-5-20(12)36-10-13/h2-3,5-6,8,10,16-17,21-22,30H,4,7,9H2,1H3,(H2,28,35). The van der Waals surface area contributed by atoms with Gasteiger partial charge in [-0.2, -0.15) is 4.90 Å². The van der Waals surface area contributed by atoms with Crippen LogP contribution >= 0.6 is 0 Å². The first-order valence-corrected chi connectivity index (χ1v) is 11.7. The minimum absolute atomic E-state index is 0.0730. The number of fused-ring (bicyclic) bond motifs is 4. The van der Waals surface area contributed by atoms with Gasteiger partial charge >= 0.3 is 6.03 Å². The number of aromatic hydroxyl groups is 1. The molecule has 5 aliphatic rings. The fourth-order valence-corrected chi connectivity index (χ4v) is 6.41. The van der Waals surface area contributed by atoms with E-state index in [-0.39, 0.29) is 30.2 Å². The van der Waals surface area contributed by atoms with Crippen molar-refractivity contribution in [2.75, 3.05) is 0 Å². The lowest BCUT2D eigenvalue weighted by atomic mass is 9.58. The van der Waals surface area contributed by atoms with Crippen LogP contribution in [0.15, 0.2) is 64.5 Å². The van der Waals surface area contributed by atoms with E-state index in [2.05, 4.69) is 0 Å². The molecule has 9 heteroatoms. The molecule has 0 radical (unpaired) electrons. The average Bonchev–Trinajstić information content (AvgIpc) is 3.10. The number of hydrogen-bond donors (Lipinski definition) is 2. The Balaban J connectivity index is 1.49. The number of carbonyl (C=O) groups is 5. The Bertz CT molecular complexity index is 1440. The van der Waals surface area contributed by atoms with Gasteiger partial charge < -0.3 is 15.6 Å². The molecule has 0 saturated carbocycles. The van der Waals surface area contributed by atoms with E-state index in [0.29, 0.717) is 39.4 Å². The lowest BCUT2D eigenvalue weighted by Gasteiger charge is -2.43. The second-order valence-corrected chi connectivity index (χ2v) is 9.86. The molecule has 182 valence electrons. The normalized spacial score (nSPS) is 28.9. The van der Waals surface area contributed by atoms with Crippen molar-refractivity contribution in [2.45, 2.75) is 26.2 Å². The zero-order valence-electron chi connectivity index (χ0n) is 19.3. The number of amides is 4. The number of ketones is 2. The van der Waals surface area contributed by atoms with Crippen LogP contribution in [0.1, 0.15) is 25.3 Å². The monoisotopic (exact) mass is 486 g/mol. The van der Waals surface area contributed by atoms with E-state index in [0.717, 1.165) is 11.1 Å². The number of nitrogens with two attached hydrogens (primary N) is 1. The van der Waals surface area contributed by atoms with Crippen molar-refractivity contribution in [3.63, 3.8) is 0 Å². The Hall–Kier alpha value is -4.27. The number of nitrogens with zero attached hydrogens (tertiary/aromatic N) is 1. The summed E-state index contributed by atoms with van der Waals surface area (Å²) in [5.41, 5.74) is 8.51. The number of hydrogen-bond acceptors (Lipinski definition) is 7. The summed E-state index contributed by atoms with van der Waals surface area (Å²) in [5, 5.41) is 9.98. The van der Waals surface area contributed by atoms with Crippen molar-refractivity contribution in [3.8, 4) is 11.5 Å². The second-order valence-electron chi connectivity index (χ2n) is 9.86. The first-order chi connectivity index (χ1) is 17.2. The highest BCUT2D eigenvalue weighted by molar-refractivity contribution is 6.23. The van der Waals surface area contributed by atoms with E-state index >= 15 is 0 Å². The quantitative estimate of drug-likeness (QED) is 0.352. The van der Waals surface area contributed by atoms with Gasteiger partial charge in [-0.1, -0.05) is 11.6 Å². The maximum absolute atomic E-state index is 13.3. The number of phenolic OH excluding ortho intramolecular Hbond substituents is 1. The number of benzene rings is 1. The smallest absolute Gasteiger partial charge is 0.328 e. The van der Waals surface area contributed by atoms with Gasteiger partial charge in [0.2, 0.25) is 11.8 Å². The van der Waals surface area contributed by atoms with Gasteiger partial charge in [0.05, 0.1) is 18.1 Å². The molecule has 6 rings (SSSR count). The number of carbonyl (C=O) groups excluding carboxylic acids is 5. The van der Waals surface area contributed by atoms with Gasteiger partial charge in [-0.15, -0.1) is 0 Å². The predicted octanol–water partition coefficient (Wildman–Crippen LogP) is 2.25. The number of urea groups is 1. The van der Waals surface area contributed by atoms with Crippen LogP contribution in [0.5, 0.6) is 11.5 Å². The van der Waals surface area contributed by atoms with Gasteiger partial charge in [-0.05, 0) is 55.5 Å².